The molecule has 106 valence electrons. The van der Waals surface area contributed by atoms with Crippen molar-refractivity contribution in [1.82, 2.24) is 10.6 Å². The van der Waals surface area contributed by atoms with E-state index < -0.39 is 0 Å². The molecule has 1 aliphatic carbocycles. The fourth-order valence-electron chi connectivity index (χ4n) is 2.77. The lowest BCUT2D eigenvalue weighted by molar-refractivity contribution is -0.123. The van der Waals surface area contributed by atoms with Crippen LogP contribution in [0.15, 0.2) is 0 Å². The molecule has 1 unspecified atom stereocenters. The molecule has 0 bridgehead atoms. The van der Waals surface area contributed by atoms with E-state index in [1.54, 1.807) is 0 Å². The summed E-state index contributed by atoms with van der Waals surface area (Å²) in [6.07, 6.45) is 6.01. The summed E-state index contributed by atoms with van der Waals surface area (Å²) in [5.41, 5.74) is 0.452. The van der Waals surface area contributed by atoms with Crippen LogP contribution in [0, 0.1) is 11.3 Å². The van der Waals surface area contributed by atoms with Crippen molar-refractivity contribution in [1.29, 1.82) is 0 Å². The smallest absolute Gasteiger partial charge is 0.237 e. The van der Waals surface area contributed by atoms with Crippen LogP contribution in [0.3, 0.4) is 0 Å². The Balaban J connectivity index is 2.38. The Morgan fingerprint density at radius 3 is 2.28 bits per heavy atom. The molecule has 18 heavy (non-hydrogen) atoms. The van der Waals surface area contributed by atoms with Crippen molar-refractivity contribution in [3.8, 4) is 0 Å². The Kier molecular flexibility index (Phi) is 5.64. The van der Waals surface area contributed by atoms with Gasteiger partial charge in [-0.25, -0.2) is 0 Å². The van der Waals surface area contributed by atoms with E-state index >= 15 is 0 Å². The first-order chi connectivity index (χ1) is 8.40. The van der Waals surface area contributed by atoms with E-state index in [1.807, 2.05) is 14.0 Å². The highest BCUT2D eigenvalue weighted by molar-refractivity contribution is 5.81. The molecule has 0 aromatic heterocycles. The molecule has 3 heteroatoms. The zero-order chi connectivity index (χ0) is 13.8. The molecule has 1 aliphatic rings. The van der Waals surface area contributed by atoms with Gasteiger partial charge >= 0.3 is 0 Å². The van der Waals surface area contributed by atoms with Crippen molar-refractivity contribution >= 4 is 5.91 Å². The Hall–Kier alpha value is -0.570. The number of hydrogen-bond acceptors (Lipinski definition) is 2. The van der Waals surface area contributed by atoms with Crippen LogP contribution < -0.4 is 10.6 Å². The fraction of sp³-hybridized carbons (Fsp3) is 0.933. The summed E-state index contributed by atoms with van der Waals surface area (Å²) in [6.45, 7) is 8.93. The van der Waals surface area contributed by atoms with E-state index in [1.165, 1.54) is 19.3 Å². The van der Waals surface area contributed by atoms with Crippen molar-refractivity contribution in [2.24, 2.45) is 11.3 Å². The van der Waals surface area contributed by atoms with E-state index in [0.29, 0.717) is 11.5 Å². The summed E-state index contributed by atoms with van der Waals surface area (Å²) in [7, 11) is 1.82. The van der Waals surface area contributed by atoms with E-state index in [-0.39, 0.29) is 11.9 Å². The van der Waals surface area contributed by atoms with Gasteiger partial charge in [0.15, 0.2) is 0 Å². The average Bonchev–Trinajstić information content (AvgIpc) is 2.38. The lowest BCUT2D eigenvalue weighted by Gasteiger charge is -2.39. The Labute approximate surface area is 112 Å². The molecule has 1 fully saturated rings. The maximum Gasteiger partial charge on any atom is 0.237 e. The molecule has 3 nitrogen and oxygen atoms in total. The third-order valence-electron chi connectivity index (χ3n) is 4.92. The number of hydrogen-bond donors (Lipinski definition) is 2. The van der Waals surface area contributed by atoms with Gasteiger partial charge in [0.2, 0.25) is 5.91 Å². The minimum Gasteiger partial charge on any atom is -0.352 e. The summed E-state index contributed by atoms with van der Waals surface area (Å²) in [5, 5.41) is 6.14. The molecule has 2 N–H and O–H groups in total. The third-order valence-corrected chi connectivity index (χ3v) is 4.92. The number of amides is 1. The standard InChI is InChI=1S/C15H30N2O/c1-6-15(3,4)12-7-9-13(10-8-12)17-14(18)11(2)16-5/h11-13,16H,6-10H2,1-5H3,(H,17,18). The first-order valence-corrected chi connectivity index (χ1v) is 7.38. The Bertz CT molecular complexity index is 268. The first kappa shape index (κ1) is 15.5. The lowest BCUT2D eigenvalue weighted by atomic mass is 9.69. The molecule has 0 aromatic carbocycles. The maximum absolute atomic E-state index is 11.8. The summed E-state index contributed by atoms with van der Waals surface area (Å²) in [5.74, 6) is 0.952. The molecule has 0 spiro atoms. The third kappa shape index (κ3) is 3.98. The Morgan fingerprint density at radius 1 is 1.28 bits per heavy atom. The van der Waals surface area contributed by atoms with Gasteiger partial charge in [-0.15, -0.1) is 0 Å². The van der Waals surface area contributed by atoms with Crippen LogP contribution in [-0.4, -0.2) is 25.0 Å². The minimum atomic E-state index is -0.0881. The number of rotatable bonds is 5. The minimum absolute atomic E-state index is 0.0881. The molecule has 1 atom stereocenters. The molecule has 0 aromatic rings. The normalized spacial score (nSPS) is 26.7. The predicted molar refractivity (Wildman–Crippen MR) is 76.5 cm³/mol. The molecular weight excluding hydrogens is 224 g/mol. The summed E-state index contributed by atoms with van der Waals surface area (Å²) in [4.78, 5) is 11.8. The monoisotopic (exact) mass is 254 g/mol. The van der Waals surface area contributed by atoms with E-state index in [0.717, 1.165) is 18.8 Å². The van der Waals surface area contributed by atoms with Crippen LogP contribution in [0.4, 0.5) is 0 Å². The summed E-state index contributed by atoms with van der Waals surface area (Å²) < 4.78 is 0. The van der Waals surface area contributed by atoms with Gasteiger partial charge in [0.05, 0.1) is 6.04 Å². The van der Waals surface area contributed by atoms with Crippen LogP contribution >= 0.6 is 0 Å². The van der Waals surface area contributed by atoms with Gasteiger partial charge in [-0.05, 0) is 51.0 Å². The zero-order valence-electron chi connectivity index (χ0n) is 12.7. The SMILES string of the molecule is CCC(C)(C)C1CCC(NC(=O)C(C)NC)CC1. The highest BCUT2D eigenvalue weighted by Gasteiger charge is 2.32. The Morgan fingerprint density at radius 2 is 1.83 bits per heavy atom. The zero-order valence-corrected chi connectivity index (χ0v) is 12.7. The van der Waals surface area contributed by atoms with Crippen LogP contribution in [0.25, 0.3) is 0 Å². The second kappa shape index (κ2) is 6.55. The van der Waals surface area contributed by atoms with Crippen molar-refractivity contribution in [2.75, 3.05) is 7.05 Å². The van der Waals surface area contributed by atoms with Gasteiger partial charge in [-0.2, -0.15) is 0 Å². The van der Waals surface area contributed by atoms with Gasteiger partial charge in [0.25, 0.3) is 0 Å². The molecule has 0 aliphatic heterocycles. The van der Waals surface area contributed by atoms with Gasteiger partial charge in [-0.1, -0.05) is 27.2 Å². The molecule has 1 rings (SSSR count). The maximum atomic E-state index is 11.8. The van der Waals surface area contributed by atoms with Crippen LogP contribution in [-0.2, 0) is 4.79 Å². The summed E-state index contributed by atoms with van der Waals surface area (Å²) >= 11 is 0. The van der Waals surface area contributed by atoms with Crippen molar-refractivity contribution in [3.05, 3.63) is 0 Å². The topological polar surface area (TPSA) is 41.1 Å². The molecule has 1 saturated carbocycles. The van der Waals surface area contributed by atoms with Crippen LogP contribution in [0.1, 0.15) is 59.8 Å². The molecular formula is C15H30N2O. The van der Waals surface area contributed by atoms with Crippen molar-refractivity contribution in [2.45, 2.75) is 71.9 Å². The van der Waals surface area contributed by atoms with E-state index in [2.05, 4.69) is 31.4 Å². The van der Waals surface area contributed by atoms with Gasteiger partial charge < -0.3 is 10.6 Å². The first-order valence-electron chi connectivity index (χ1n) is 7.38. The van der Waals surface area contributed by atoms with Crippen molar-refractivity contribution < 1.29 is 4.79 Å². The van der Waals surface area contributed by atoms with Crippen LogP contribution in [0.2, 0.25) is 0 Å². The molecule has 0 heterocycles. The second-order valence-corrected chi connectivity index (χ2v) is 6.41. The van der Waals surface area contributed by atoms with Gasteiger partial charge in [-0.3, -0.25) is 4.79 Å². The molecule has 0 radical (unpaired) electrons. The van der Waals surface area contributed by atoms with E-state index in [4.69, 9.17) is 0 Å². The quantitative estimate of drug-likeness (QED) is 0.792. The van der Waals surface area contributed by atoms with Crippen molar-refractivity contribution in [3.63, 3.8) is 0 Å². The number of nitrogens with one attached hydrogen (secondary N) is 2. The largest absolute Gasteiger partial charge is 0.352 e. The fourth-order valence-corrected chi connectivity index (χ4v) is 2.77. The highest BCUT2D eigenvalue weighted by atomic mass is 16.2. The second-order valence-electron chi connectivity index (χ2n) is 6.41. The molecule has 0 saturated heterocycles. The summed E-state index contributed by atoms with van der Waals surface area (Å²) in [6, 6.07) is 0.298. The van der Waals surface area contributed by atoms with E-state index in [9.17, 15) is 4.79 Å². The lowest BCUT2D eigenvalue weighted by Crippen LogP contribution is -2.46. The number of likely N-dealkylation sites (N-methyl/N-ethyl adjacent to an activating group) is 1. The highest BCUT2D eigenvalue weighted by Crippen LogP contribution is 2.40. The number of carbonyl (C=O) groups is 1. The van der Waals surface area contributed by atoms with Crippen LogP contribution in [0.5, 0.6) is 0 Å². The molecule has 1 amide bonds. The van der Waals surface area contributed by atoms with Gasteiger partial charge in [0, 0.05) is 6.04 Å². The van der Waals surface area contributed by atoms with Gasteiger partial charge in [0.1, 0.15) is 0 Å². The predicted octanol–water partition coefficient (Wildman–Crippen LogP) is 2.71. The number of carbonyl (C=O) groups excluding carboxylic acids is 1. The average molecular weight is 254 g/mol.